The van der Waals surface area contributed by atoms with E-state index in [1.54, 1.807) is 24.3 Å². The van der Waals surface area contributed by atoms with Crippen molar-refractivity contribution in [1.29, 1.82) is 0 Å². The number of aliphatic hydroxyl groups is 1. The topological polar surface area (TPSA) is 49.8 Å². The molecule has 2 aromatic rings. The number of hydrogen-bond donors (Lipinski definition) is 1. The summed E-state index contributed by atoms with van der Waals surface area (Å²) in [4.78, 5) is 1.95. The van der Waals surface area contributed by atoms with Crippen molar-refractivity contribution in [3.8, 4) is 0 Å². The van der Waals surface area contributed by atoms with Crippen molar-refractivity contribution in [2.45, 2.75) is 26.1 Å². The van der Waals surface area contributed by atoms with Crippen LogP contribution in [-0.2, 0) is 9.09 Å². The molecule has 0 heterocycles. The number of halogens is 2. The van der Waals surface area contributed by atoms with Crippen LogP contribution in [0.2, 0.25) is 10.0 Å². The quantitative estimate of drug-likeness (QED) is 0.545. The maximum atomic E-state index is 13.8. The molecule has 4 nitrogen and oxygen atoms in total. The molecule has 0 saturated carbocycles. The van der Waals surface area contributed by atoms with E-state index in [0.717, 1.165) is 12.1 Å². The van der Waals surface area contributed by atoms with Gasteiger partial charge in [-0.1, -0.05) is 43.1 Å². The monoisotopic (exact) mass is 429 g/mol. The second kappa shape index (κ2) is 9.45. The summed E-state index contributed by atoms with van der Waals surface area (Å²) in [6.07, 6.45) is 0.737. The summed E-state index contributed by atoms with van der Waals surface area (Å²) in [5.74, 6) is -0.981. The second-order valence-corrected chi connectivity index (χ2v) is 10.4. The molecule has 2 aromatic carbocycles. The average Bonchev–Trinajstić information content (AvgIpc) is 2.60. The SMILES string of the molecule is CC(C)CCO[P@](=O)(c1ccc(N(C)C)cc1)[C@@H](O)c1ccc(Cl)cc1Cl. The first-order valence-corrected chi connectivity index (χ1v) is 11.3. The minimum atomic E-state index is -3.62. The summed E-state index contributed by atoms with van der Waals surface area (Å²) in [5.41, 5.74) is 1.30. The smallest absolute Gasteiger partial charge is 0.264 e. The van der Waals surface area contributed by atoms with Gasteiger partial charge in [0.25, 0.3) is 7.37 Å². The Hall–Kier alpha value is -1.03. The molecular weight excluding hydrogens is 404 g/mol. The van der Waals surface area contributed by atoms with Crippen molar-refractivity contribution in [3.05, 3.63) is 58.1 Å². The third-order valence-electron chi connectivity index (χ3n) is 4.27. The second-order valence-electron chi connectivity index (χ2n) is 7.06. The van der Waals surface area contributed by atoms with E-state index in [1.807, 2.05) is 31.1 Å². The Kier molecular flexibility index (Phi) is 7.79. The molecule has 0 amide bonds. The van der Waals surface area contributed by atoms with Gasteiger partial charge < -0.3 is 14.5 Å². The van der Waals surface area contributed by atoms with Crippen LogP contribution in [0.3, 0.4) is 0 Å². The lowest BCUT2D eigenvalue weighted by Crippen LogP contribution is -2.17. The number of rotatable bonds is 8. The molecule has 7 heteroatoms. The summed E-state index contributed by atoms with van der Waals surface area (Å²) < 4.78 is 19.7. The summed E-state index contributed by atoms with van der Waals surface area (Å²) in [5, 5.41) is 12.1. The Labute approximate surface area is 171 Å². The fourth-order valence-corrected chi connectivity index (χ4v) is 5.26. The minimum Gasteiger partial charge on any atom is -0.378 e. The van der Waals surface area contributed by atoms with Gasteiger partial charge in [0, 0.05) is 40.7 Å². The van der Waals surface area contributed by atoms with Crippen molar-refractivity contribution in [2.75, 3.05) is 25.6 Å². The zero-order chi connectivity index (χ0) is 20.2. The van der Waals surface area contributed by atoms with Crippen molar-refractivity contribution < 1.29 is 14.2 Å². The minimum absolute atomic E-state index is 0.257. The summed E-state index contributed by atoms with van der Waals surface area (Å²) in [6.45, 7) is 4.41. The Morgan fingerprint density at radius 1 is 1.11 bits per heavy atom. The Balaban J connectivity index is 2.43. The lowest BCUT2D eigenvalue weighted by atomic mass is 10.2. The summed E-state index contributed by atoms with van der Waals surface area (Å²) in [7, 11) is 0.230. The van der Waals surface area contributed by atoms with E-state index in [9.17, 15) is 9.67 Å². The first kappa shape index (κ1) is 22.3. The van der Waals surface area contributed by atoms with Crippen molar-refractivity contribution in [3.63, 3.8) is 0 Å². The van der Waals surface area contributed by atoms with Crippen LogP contribution in [0.1, 0.15) is 31.7 Å². The van der Waals surface area contributed by atoms with Crippen LogP contribution in [0, 0.1) is 5.92 Å². The number of benzene rings is 2. The number of hydrogen-bond acceptors (Lipinski definition) is 4. The zero-order valence-corrected chi connectivity index (χ0v) is 18.4. The van der Waals surface area contributed by atoms with Crippen LogP contribution >= 0.6 is 30.6 Å². The van der Waals surface area contributed by atoms with Crippen molar-refractivity contribution in [2.24, 2.45) is 5.92 Å². The van der Waals surface area contributed by atoms with Gasteiger partial charge in [-0.15, -0.1) is 0 Å². The predicted octanol–water partition coefficient (Wildman–Crippen LogP) is 5.72. The van der Waals surface area contributed by atoms with E-state index < -0.39 is 13.2 Å². The van der Waals surface area contributed by atoms with Gasteiger partial charge in [-0.05, 0) is 48.7 Å². The first-order chi connectivity index (χ1) is 12.6. The normalized spacial score (nSPS) is 14.8. The highest BCUT2D eigenvalue weighted by Crippen LogP contribution is 2.59. The highest BCUT2D eigenvalue weighted by atomic mass is 35.5. The number of nitrogens with zero attached hydrogens (tertiary/aromatic N) is 1. The predicted molar refractivity (Wildman–Crippen MR) is 115 cm³/mol. The van der Waals surface area contributed by atoms with E-state index in [1.165, 1.54) is 6.07 Å². The lowest BCUT2D eigenvalue weighted by Gasteiger charge is -2.26. The molecule has 0 aliphatic carbocycles. The van der Waals surface area contributed by atoms with Crippen molar-refractivity contribution >= 4 is 41.6 Å². The van der Waals surface area contributed by atoms with E-state index in [0.29, 0.717) is 21.8 Å². The fourth-order valence-electron chi connectivity index (χ4n) is 2.56. The molecule has 0 radical (unpaired) electrons. The van der Waals surface area contributed by atoms with Gasteiger partial charge in [-0.3, -0.25) is 4.57 Å². The van der Waals surface area contributed by atoms with Crippen LogP contribution in [0.4, 0.5) is 5.69 Å². The third-order valence-corrected chi connectivity index (χ3v) is 7.34. The Morgan fingerprint density at radius 2 is 1.74 bits per heavy atom. The van der Waals surface area contributed by atoms with Gasteiger partial charge in [0.05, 0.1) is 6.61 Å². The van der Waals surface area contributed by atoms with Gasteiger partial charge in [0.2, 0.25) is 0 Å². The summed E-state index contributed by atoms with van der Waals surface area (Å²) in [6, 6.07) is 11.9. The standard InChI is InChI=1S/C20H26Cl2NO3P/c1-14(2)11-12-26-27(25,17-8-6-16(7-9-17)23(3)4)20(24)18-10-5-15(21)13-19(18)22/h5-10,13-14,20,24H,11-12H2,1-4H3/t20-,27-/m1/s1. The van der Waals surface area contributed by atoms with E-state index in [4.69, 9.17) is 27.7 Å². The molecule has 148 valence electrons. The molecule has 0 bridgehead atoms. The molecule has 0 aromatic heterocycles. The maximum absolute atomic E-state index is 13.8. The molecule has 0 aliphatic rings. The third kappa shape index (κ3) is 5.49. The number of aliphatic hydroxyl groups excluding tert-OH is 1. The lowest BCUT2D eigenvalue weighted by molar-refractivity contribution is 0.209. The van der Waals surface area contributed by atoms with Gasteiger partial charge in [-0.2, -0.15) is 0 Å². The fraction of sp³-hybridized carbons (Fsp3) is 0.400. The van der Waals surface area contributed by atoms with Crippen molar-refractivity contribution in [1.82, 2.24) is 0 Å². The molecule has 2 atom stereocenters. The molecular formula is C20H26Cl2NO3P. The molecule has 0 unspecified atom stereocenters. The largest absolute Gasteiger partial charge is 0.378 e. The van der Waals surface area contributed by atoms with E-state index >= 15 is 0 Å². The Bertz CT molecular complexity index is 809. The molecule has 0 aliphatic heterocycles. The zero-order valence-electron chi connectivity index (χ0n) is 16.0. The van der Waals surface area contributed by atoms with Crippen LogP contribution < -0.4 is 10.2 Å². The van der Waals surface area contributed by atoms with Gasteiger partial charge in [0.15, 0.2) is 5.85 Å². The highest BCUT2D eigenvalue weighted by Gasteiger charge is 2.37. The highest BCUT2D eigenvalue weighted by molar-refractivity contribution is 7.67. The number of anilines is 1. The van der Waals surface area contributed by atoms with Gasteiger partial charge in [0.1, 0.15) is 0 Å². The summed E-state index contributed by atoms with van der Waals surface area (Å²) >= 11 is 12.2. The molecule has 1 N–H and O–H groups in total. The molecule has 0 fully saturated rings. The van der Waals surface area contributed by atoms with E-state index in [2.05, 4.69) is 13.8 Å². The van der Waals surface area contributed by atoms with Gasteiger partial charge in [-0.25, -0.2) is 0 Å². The van der Waals surface area contributed by atoms with E-state index in [-0.39, 0.29) is 11.6 Å². The van der Waals surface area contributed by atoms with Gasteiger partial charge >= 0.3 is 0 Å². The van der Waals surface area contributed by atoms with Crippen LogP contribution in [0.15, 0.2) is 42.5 Å². The molecule has 0 spiro atoms. The average molecular weight is 430 g/mol. The van der Waals surface area contributed by atoms with Crippen LogP contribution in [-0.4, -0.2) is 25.8 Å². The molecule has 2 rings (SSSR count). The molecule has 0 saturated heterocycles. The van der Waals surface area contributed by atoms with Crippen LogP contribution in [0.25, 0.3) is 0 Å². The maximum Gasteiger partial charge on any atom is 0.264 e. The Morgan fingerprint density at radius 3 is 2.26 bits per heavy atom. The van der Waals surface area contributed by atoms with Crippen LogP contribution in [0.5, 0.6) is 0 Å². The first-order valence-electron chi connectivity index (χ1n) is 8.80. The molecule has 27 heavy (non-hydrogen) atoms.